The summed E-state index contributed by atoms with van der Waals surface area (Å²) in [6, 6.07) is 9.75. The summed E-state index contributed by atoms with van der Waals surface area (Å²) < 4.78 is 0. The van der Waals surface area contributed by atoms with Crippen molar-refractivity contribution in [3.63, 3.8) is 0 Å². The number of allylic oxidation sites excluding steroid dienone is 2. The fourth-order valence-corrected chi connectivity index (χ4v) is 5.47. The van der Waals surface area contributed by atoms with Crippen LogP contribution in [0.5, 0.6) is 0 Å². The van der Waals surface area contributed by atoms with Gasteiger partial charge in [0.1, 0.15) is 0 Å². The number of hydrogen-bond donors (Lipinski definition) is 0. The van der Waals surface area contributed by atoms with Crippen molar-refractivity contribution in [1.82, 2.24) is 0 Å². The number of benzene rings is 1. The predicted molar refractivity (Wildman–Crippen MR) is 115 cm³/mol. The van der Waals surface area contributed by atoms with Gasteiger partial charge in [-0.05, 0) is 105 Å². The molecule has 0 amide bonds. The zero-order valence-electron chi connectivity index (χ0n) is 16.8. The lowest BCUT2D eigenvalue weighted by Crippen LogP contribution is -2.19. The van der Waals surface area contributed by atoms with Crippen LogP contribution in [0.3, 0.4) is 0 Å². The molecule has 2 fully saturated rings. The first-order valence-corrected chi connectivity index (χ1v) is 11.0. The Labute approximate surface area is 161 Å². The second kappa shape index (κ2) is 9.58. The Morgan fingerprint density at radius 1 is 0.808 bits per heavy atom. The predicted octanol–water partition coefficient (Wildman–Crippen LogP) is 8.02. The van der Waals surface area contributed by atoms with E-state index in [4.69, 9.17) is 0 Å². The Kier molecular flexibility index (Phi) is 7.17. The molecular formula is C26H38. The third-order valence-electron chi connectivity index (χ3n) is 7.38. The normalized spacial score (nSPS) is 30.5. The lowest BCUT2D eigenvalue weighted by atomic mass is 9.73. The van der Waals surface area contributed by atoms with Crippen molar-refractivity contribution in [2.75, 3.05) is 0 Å². The summed E-state index contributed by atoms with van der Waals surface area (Å²) in [7, 11) is 0. The van der Waals surface area contributed by atoms with Crippen LogP contribution in [0, 0.1) is 17.8 Å². The van der Waals surface area contributed by atoms with Gasteiger partial charge in [-0.25, -0.2) is 0 Å². The molecule has 1 atom stereocenters. The van der Waals surface area contributed by atoms with Gasteiger partial charge in [-0.15, -0.1) is 13.2 Å². The molecule has 0 bridgehead atoms. The molecule has 0 heterocycles. The molecule has 2 aliphatic carbocycles. The highest BCUT2D eigenvalue weighted by atomic mass is 14.3. The van der Waals surface area contributed by atoms with E-state index in [0.717, 1.165) is 23.7 Å². The molecule has 0 nitrogen and oxygen atoms in total. The molecule has 0 N–H and O–H groups in total. The minimum atomic E-state index is 0.706. The van der Waals surface area contributed by atoms with Gasteiger partial charge in [0.2, 0.25) is 0 Å². The molecule has 0 saturated heterocycles. The van der Waals surface area contributed by atoms with Gasteiger partial charge in [-0.1, -0.05) is 43.3 Å². The fourth-order valence-electron chi connectivity index (χ4n) is 5.47. The van der Waals surface area contributed by atoms with E-state index in [2.05, 4.69) is 56.5 Å². The summed E-state index contributed by atoms with van der Waals surface area (Å²) in [4.78, 5) is 0. The highest BCUT2D eigenvalue weighted by Crippen LogP contribution is 2.40. The van der Waals surface area contributed by atoms with Gasteiger partial charge in [0.25, 0.3) is 0 Å². The number of hydrogen-bond acceptors (Lipinski definition) is 0. The minimum Gasteiger partial charge on any atom is -0.103 e. The monoisotopic (exact) mass is 350 g/mol. The van der Waals surface area contributed by atoms with Crippen LogP contribution in [0.1, 0.15) is 94.1 Å². The van der Waals surface area contributed by atoms with Crippen molar-refractivity contribution >= 4 is 0 Å². The van der Waals surface area contributed by atoms with E-state index in [1.54, 1.807) is 11.1 Å². The summed E-state index contributed by atoms with van der Waals surface area (Å²) >= 11 is 0. The first kappa shape index (κ1) is 19.5. The molecule has 142 valence electrons. The lowest BCUT2D eigenvalue weighted by Gasteiger charge is -2.32. The summed E-state index contributed by atoms with van der Waals surface area (Å²) in [5.41, 5.74) is 3.13. The maximum absolute atomic E-state index is 3.91. The first-order valence-electron chi connectivity index (χ1n) is 11.0. The number of rotatable bonds is 7. The van der Waals surface area contributed by atoms with E-state index in [9.17, 15) is 0 Å². The molecule has 26 heavy (non-hydrogen) atoms. The van der Waals surface area contributed by atoms with Crippen molar-refractivity contribution in [2.24, 2.45) is 17.8 Å². The van der Waals surface area contributed by atoms with Crippen molar-refractivity contribution in [2.45, 2.75) is 83.0 Å². The molecule has 1 aromatic rings. The Morgan fingerprint density at radius 2 is 1.31 bits per heavy atom. The van der Waals surface area contributed by atoms with E-state index in [-0.39, 0.29) is 0 Å². The molecule has 0 heteroatoms. The topological polar surface area (TPSA) is 0 Å². The SMILES string of the molecule is C=CCC1CCC(c2ccc(C(C)C3CCC(CC=C)CC3)cc2)CC1. The van der Waals surface area contributed by atoms with Crippen LogP contribution in [0.15, 0.2) is 49.6 Å². The van der Waals surface area contributed by atoms with E-state index >= 15 is 0 Å². The second-order valence-electron chi connectivity index (χ2n) is 9.00. The summed E-state index contributed by atoms with van der Waals surface area (Å²) in [6.07, 6.45) is 17.7. The molecule has 2 saturated carbocycles. The minimum absolute atomic E-state index is 0.706. The van der Waals surface area contributed by atoms with Gasteiger partial charge in [0, 0.05) is 0 Å². The van der Waals surface area contributed by atoms with E-state index in [1.165, 1.54) is 64.2 Å². The quantitative estimate of drug-likeness (QED) is 0.437. The standard InChI is InChI=1S/C26H38/c1-4-6-21-8-12-23(13-9-21)20(3)24-16-18-26(19-17-24)25-14-10-22(7-5-2)11-15-25/h4-5,16-23,25H,1-2,6-15H2,3H3. The molecule has 0 spiro atoms. The van der Waals surface area contributed by atoms with Gasteiger partial charge in [-0.3, -0.25) is 0 Å². The average molecular weight is 351 g/mol. The van der Waals surface area contributed by atoms with Crippen molar-refractivity contribution in [3.8, 4) is 0 Å². The maximum Gasteiger partial charge on any atom is -0.0162 e. The lowest BCUT2D eigenvalue weighted by molar-refractivity contribution is 0.250. The largest absolute Gasteiger partial charge is 0.103 e. The average Bonchev–Trinajstić information content (AvgIpc) is 2.69. The first-order chi connectivity index (χ1) is 12.7. The summed E-state index contributed by atoms with van der Waals surface area (Å²) in [6.45, 7) is 10.3. The Hall–Kier alpha value is -1.30. The Balaban J connectivity index is 1.53. The van der Waals surface area contributed by atoms with E-state index < -0.39 is 0 Å². The van der Waals surface area contributed by atoms with Crippen LogP contribution in [-0.2, 0) is 0 Å². The molecule has 2 aliphatic rings. The highest BCUT2D eigenvalue weighted by Gasteiger charge is 2.26. The third kappa shape index (κ3) is 4.90. The molecule has 1 aromatic carbocycles. The van der Waals surface area contributed by atoms with Crippen molar-refractivity contribution in [3.05, 3.63) is 60.7 Å². The molecule has 0 aliphatic heterocycles. The van der Waals surface area contributed by atoms with E-state index in [0.29, 0.717) is 5.92 Å². The van der Waals surface area contributed by atoms with Crippen LogP contribution >= 0.6 is 0 Å². The Morgan fingerprint density at radius 3 is 1.81 bits per heavy atom. The van der Waals surface area contributed by atoms with Crippen LogP contribution in [0.25, 0.3) is 0 Å². The van der Waals surface area contributed by atoms with Crippen LogP contribution in [-0.4, -0.2) is 0 Å². The van der Waals surface area contributed by atoms with Crippen molar-refractivity contribution < 1.29 is 0 Å². The van der Waals surface area contributed by atoms with Crippen LogP contribution in [0.4, 0.5) is 0 Å². The zero-order chi connectivity index (χ0) is 18.4. The third-order valence-corrected chi connectivity index (χ3v) is 7.38. The van der Waals surface area contributed by atoms with Crippen LogP contribution < -0.4 is 0 Å². The summed E-state index contributed by atoms with van der Waals surface area (Å²) in [5, 5.41) is 0. The van der Waals surface area contributed by atoms with Gasteiger partial charge in [0.15, 0.2) is 0 Å². The van der Waals surface area contributed by atoms with Crippen molar-refractivity contribution in [1.29, 1.82) is 0 Å². The summed E-state index contributed by atoms with van der Waals surface area (Å²) in [5.74, 6) is 4.15. The molecule has 0 radical (unpaired) electrons. The molecule has 1 unspecified atom stereocenters. The maximum atomic E-state index is 3.91. The zero-order valence-corrected chi connectivity index (χ0v) is 16.8. The second-order valence-corrected chi connectivity index (χ2v) is 9.00. The van der Waals surface area contributed by atoms with Gasteiger partial charge in [0.05, 0.1) is 0 Å². The Bertz CT molecular complexity index is 550. The highest BCUT2D eigenvalue weighted by molar-refractivity contribution is 5.28. The van der Waals surface area contributed by atoms with Crippen LogP contribution in [0.2, 0.25) is 0 Å². The molecule has 0 aromatic heterocycles. The molecule has 3 rings (SSSR count). The van der Waals surface area contributed by atoms with E-state index in [1.807, 2.05) is 0 Å². The fraction of sp³-hybridized carbons (Fsp3) is 0.615. The van der Waals surface area contributed by atoms with Gasteiger partial charge < -0.3 is 0 Å². The van der Waals surface area contributed by atoms with Gasteiger partial charge >= 0.3 is 0 Å². The smallest absolute Gasteiger partial charge is 0.0162 e. The van der Waals surface area contributed by atoms with Gasteiger partial charge in [-0.2, -0.15) is 0 Å². The molecular weight excluding hydrogens is 312 g/mol.